The van der Waals surface area contributed by atoms with Gasteiger partial charge in [-0.25, -0.2) is 0 Å². The maximum absolute atomic E-state index is 12.6. The van der Waals surface area contributed by atoms with Gasteiger partial charge in [-0.15, -0.1) is 0 Å². The predicted octanol–water partition coefficient (Wildman–Crippen LogP) is 2.70. The summed E-state index contributed by atoms with van der Waals surface area (Å²) in [6.45, 7) is 0.157. The normalized spacial score (nSPS) is 14.8. The fourth-order valence-electron chi connectivity index (χ4n) is 4.25. The summed E-state index contributed by atoms with van der Waals surface area (Å²) >= 11 is 0. The smallest absolute Gasteiger partial charge is 0.253 e. The topological polar surface area (TPSA) is 206 Å². The Hall–Kier alpha value is -4.28. The van der Waals surface area contributed by atoms with Gasteiger partial charge in [0.2, 0.25) is 0 Å². The molecule has 2 aliphatic rings. The van der Waals surface area contributed by atoms with E-state index >= 15 is 0 Å². The van der Waals surface area contributed by atoms with E-state index in [2.05, 4.69) is 20.1 Å². The van der Waals surface area contributed by atoms with Gasteiger partial charge in [0.1, 0.15) is 11.6 Å². The molecule has 0 saturated heterocycles. The van der Waals surface area contributed by atoms with Crippen molar-refractivity contribution in [3.05, 3.63) is 45.2 Å². The SMILES string of the molecule is [N-]=[N+]=NCCC(CCN=[N+]=[N-])(CCC(=O)CCN1C(=O)C=CC1=O)CCC(=O)CCN1C(=O)C=CC1=O. The number of carbonyl (C=O) groups is 6. The van der Waals surface area contributed by atoms with Gasteiger partial charge in [-0.05, 0) is 42.2 Å². The highest BCUT2D eigenvalue weighted by Crippen LogP contribution is 2.38. The lowest BCUT2D eigenvalue weighted by Gasteiger charge is -2.33. The summed E-state index contributed by atoms with van der Waals surface area (Å²) in [5.41, 5.74) is 16.7. The summed E-state index contributed by atoms with van der Waals surface area (Å²) in [6, 6.07) is 0. The monoisotopic (exact) mass is 512 g/mol. The molecule has 0 atom stereocenters. The number of nitrogens with zero attached hydrogens (tertiary/aromatic N) is 8. The minimum Gasteiger partial charge on any atom is -0.300 e. The molecule has 0 saturated carbocycles. The second kappa shape index (κ2) is 14.3. The van der Waals surface area contributed by atoms with E-state index in [0.29, 0.717) is 25.7 Å². The summed E-state index contributed by atoms with van der Waals surface area (Å²) in [6.07, 6.45) is 6.04. The Labute approximate surface area is 212 Å². The van der Waals surface area contributed by atoms with Crippen molar-refractivity contribution in [3.63, 3.8) is 0 Å². The van der Waals surface area contributed by atoms with Crippen molar-refractivity contribution in [1.82, 2.24) is 9.80 Å². The number of ketones is 2. The van der Waals surface area contributed by atoms with Crippen LogP contribution in [0.25, 0.3) is 20.9 Å². The average molecular weight is 513 g/mol. The molecule has 0 fully saturated rings. The lowest BCUT2D eigenvalue weighted by Crippen LogP contribution is -2.33. The molecule has 14 nitrogen and oxygen atoms in total. The molecular formula is C23H28N8O6. The number of hydrogen-bond donors (Lipinski definition) is 0. The van der Waals surface area contributed by atoms with Crippen LogP contribution in [0.1, 0.15) is 51.4 Å². The number of azide groups is 2. The van der Waals surface area contributed by atoms with Gasteiger partial charge < -0.3 is 0 Å². The summed E-state index contributed by atoms with van der Waals surface area (Å²) in [5.74, 6) is -2.25. The average Bonchev–Trinajstić information content (AvgIpc) is 3.37. The Kier molecular flexibility index (Phi) is 11.2. The van der Waals surface area contributed by atoms with Crippen molar-refractivity contribution in [2.45, 2.75) is 51.4 Å². The van der Waals surface area contributed by atoms with Gasteiger partial charge in [0, 0.05) is 86.0 Å². The Morgan fingerprint density at radius 1 is 0.649 bits per heavy atom. The zero-order chi connectivity index (χ0) is 27.3. The van der Waals surface area contributed by atoms with Crippen LogP contribution in [0, 0.1) is 5.41 Å². The third kappa shape index (κ3) is 9.02. The maximum Gasteiger partial charge on any atom is 0.253 e. The predicted molar refractivity (Wildman–Crippen MR) is 129 cm³/mol. The third-order valence-electron chi connectivity index (χ3n) is 6.51. The van der Waals surface area contributed by atoms with Crippen molar-refractivity contribution < 1.29 is 28.8 Å². The van der Waals surface area contributed by atoms with E-state index in [9.17, 15) is 28.8 Å². The van der Waals surface area contributed by atoms with Gasteiger partial charge in [-0.2, -0.15) is 0 Å². The van der Waals surface area contributed by atoms with Gasteiger partial charge in [-0.1, -0.05) is 10.2 Å². The molecular weight excluding hydrogens is 484 g/mol. The third-order valence-corrected chi connectivity index (χ3v) is 6.51. The molecule has 14 heteroatoms. The van der Waals surface area contributed by atoms with Crippen LogP contribution in [0.15, 0.2) is 34.5 Å². The molecule has 0 radical (unpaired) electrons. The fraction of sp³-hybridized carbons (Fsp3) is 0.565. The number of rotatable bonds is 18. The molecule has 37 heavy (non-hydrogen) atoms. The van der Waals surface area contributed by atoms with E-state index < -0.39 is 29.0 Å². The Morgan fingerprint density at radius 3 is 1.32 bits per heavy atom. The first kappa shape index (κ1) is 29.0. The molecule has 0 aromatic heterocycles. The Bertz CT molecular complexity index is 979. The first-order chi connectivity index (χ1) is 17.7. The number of hydrogen-bond acceptors (Lipinski definition) is 8. The molecule has 2 aliphatic heterocycles. The molecule has 4 amide bonds. The van der Waals surface area contributed by atoms with Gasteiger partial charge in [0.15, 0.2) is 0 Å². The number of Topliss-reactive ketones (excluding diaryl/α,β-unsaturated/α-hetero) is 2. The van der Waals surface area contributed by atoms with Crippen LogP contribution in [0.3, 0.4) is 0 Å². The van der Waals surface area contributed by atoms with Crippen molar-refractivity contribution >= 4 is 35.2 Å². The van der Waals surface area contributed by atoms with Crippen LogP contribution >= 0.6 is 0 Å². The molecule has 2 heterocycles. The maximum atomic E-state index is 12.6. The second-order valence-corrected chi connectivity index (χ2v) is 8.81. The minimum absolute atomic E-state index is 0.0210. The highest BCUT2D eigenvalue weighted by Gasteiger charge is 2.31. The number of imide groups is 2. The lowest BCUT2D eigenvalue weighted by atomic mass is 9.72. The molecule has 2 rings (SSSR count). The molecule has 0 bridgehead atoms. The highest BCUT2D eigenvalue weighted by atomic mass is 16.2. The van der Waals surface area contributed by atoms with Crippen molar-refractivity contribution in [2.24, 2.45) is 15.6 Å². The standard InChI is InChI=1S/C23H28N8O6/c24-28-26-13-11-23(12-14-27-29-25,9-5-17(32)7-15-30-19(34)1-2-20(30)35)10-6-18(33)8-16-31-21(36)3-4-22(31)37/h1-4H,5-16H2. The van der Waals surface area contributed by atoms with E-state index in [0.717, 1.165) is 34.1 Å². The van der Waals surface area contributed by atoms with Gasteiger partial charge in [0.05, 0.1) is 0 Å². The van der Waals surface area contributed by atoms with E-state index in [1.807, 2.05) is 0 Å². The van der Waals surface area contributed by atoms with Crippen LogP contribution in [0.5, 0.6) is 0 Å². The van der Waals surface area contributed by atoms with Crippen LogP contribution in [-0.2, 0) is 28.8 Å². The molecule has 0 spiro atoms. The minimum atomic E-state index is -0.657. The first-order valence-electron chi connectivity index (χ1n) is 11.8. The molecule has 0 aliphatic carbocycles. The molecule has 0 aromatic rings. The van der Waals surface area contributed by atoms with E-state index in [-0.39, 0.29) is 63.4 Å². The largest absolute Gasteiger partial charge is 0.300 e. The zero-order valence-corrected chi connectivity index (χ0v) is 20.3. The molecule has 0 N–H and O–H groups in total. The highest BCUT2D eigenvalue weighted by molar-refractivity contribution is 6.13. The lowest BCUT2D eigenvalue weighted by molar-refractivity contribution is -0.139. The van der Waals surface area contributed by atoms with E-state index in [1.165, 1.54) is 0 Å². The van der Waals surface area contributed by atoms with E-state index in [1.54, 1.807) is 0 Å². The van der Waals surface area contributed by atoms with Gasteiger partial charge in [-0.3, -0.25) is 38.6 Å². The second-order valence-electron chi connectivity index (χ2n) is 8.81. The van der Waals surface area contributed by atoms with Crippen molar-refractivity contribution in [2.75, 3.05) is 26.2 Å². The fourth-order valence-corrected chi connectivity index (χ4v) is 4.25. The Balaban J connectivity index is 2.00. The summed E-state index contributed by atoms with van der Waals surface area (Å²) in [7, 11) is 0. The van der Waals surface area contributed by atoms with Crippen LogP contribution in [-0.4, -0.2) is 71.2 Å². The van der Waals surface area contributed by atoms with Gasteiger partial charge in [0.25, 0.3) is 23.6 Å². The summed E-state index contributed by atoms with van der Waals surface area (Å²) < 4.78 is 0. The van der Waals surface area contributed by atoms with E-state index in [4.69, 9.17) is 11.1 Å². The zero-order valence-electron chi connectivity index (χ0n) is 20.3. The Morgan fingerprint density at radius 2 is 1.00 bits per heavy atom. The number of amides is 4. The number of carbonyl (C=O) groups excluding carboxylic acids is 6. The van der Waals surface area contributed by atoms with Crippen molar-refractivity contribution in [3.8, 4) is 0 Å². The quantitative estimate of drug-likeness (QED) is 0.117. The molecule has 196 valence electrons. The van der Waals surface area contributed by atoms with Crippen LogP contribution in [0.4, 0.5) is 0 Å². The summed E-state index contributed by atoms with van der Waals surface area (Å²) in [4.78, 5) is 79.4. The summed E-state index contributed by atoms with van der Waals surface area (Å²) in [5, 5.41) is 7.16. The van der Waals surface area contributed by atoms with Crippen molar-refractivity contribution in [1.29, 1.82) is 0 Å². The first-order valence-corrected chi connectivity index (χ1v) is 11.8. The van der Waals surface area contributed by atoms with Gasteiger partial charge >= 0.3 is 0 Å². The van der Waals surface area contributed by atoms with Crippen LogP contribution in [0.2, 0.25) is 0 Å². The van der Waals surface area contributed by atoms with Crippen LogP contribution < -0.4 is 0 Å². The molecule has 0 aromatic carbocycles. The molecule has 0 unspecified atom stereocenters.